The third-order valence-electron chi connectivity index (χ3n) is 2.62. The Morgan fingerprint density at radius 3 is 2.33 bits per heavy atom. The van der Waals surface area contributed by atoms with Crippen molar-refractivity contribution in [1.82, 2.24) is 0 Å². The summed E-state index contributed by atoms with van der Waals surface area (Å²) < 4.78 is 5.23. The molecule has 1 saturated carbocycles. The lowest BCUT2D eigenvalue weighted by Crippen LogP contribution is -2.24. The molecule has 0 aromatic heterocycles. The van der Waals surface area contributed by atoms with Crippen molar-refractivity contribution in [1.29, 1.82) is 0 Å². The highest BCUT2D eigenvalue weighted by Crippen LogP contribution is 2.32. The standard InChI is InChI=1S/C10H16O2/c1-4-9(11)12-10-7(2)5-6-8(10)3/h4,7-8,10H,1,5-6H2,2-3H3. The fourth-order valence-corrected chi connectivity index (χ4v) is 1.83. The highest BCUT2D eigenvalue weighted by Gasteiger charge is 2.32. The minimum Gasteiger partial charge on any atom is -0.459 e. The molecule has 1 aliphatic rings. The second-order valence-electron chi connectivity index (χ2n) is 3.64. The number of esters is 1. The van der Waals surface area contributed by atoms with E-state index in [4.69, 9.17) is 4.74 Å². The smallest absolute Gasteiger partial charge is 0.330 e. The number of hydrogen-bond acceptors (Lipinski definition) is 2. The van der Waals surface area contributed by atoms with Gasteiger partial charge in [0, 0.05) is 6.08 Å². The predicted octanol–water partition coefficient (Wildman–Crippen LogP) is 2.15. The fraction of sp³-hybridized carbons (Fsp3) is 0.700. The molecule has 0 amide bonds. The fourth-order valence-electron chi connectivity index (χ4n) is 1.83. The van der Waals surface area contributed by atoms with Crippen LogP contribution in [0, 0.1) is 11.8 Å². The van der Waals surface area contributed by atoms with Gasteiger partial charge in [-0.15, -0.1) is 0 Å². The summed E-state index contributed by atoms with van der Waals surface area (Å²) in [5.74, 6) is 0.716. The van der Waals surface area contributed by atoms with Crippen LogP contribution in [0.2, 0.25) is 0 Å². The normalized spacial score (nSPS) is 34.7. The van der Waals surface area contributed by atoms with E-state index in [1.807, 2.05) is 0 Å². The number of ether oxygens (including phenoxy) is 1. The molecule has 0 aromatic carbocycles. The minimum atomic E-state index is -0.291. The maximum Gasteiger partial charge on any atom is 0.330 e. The monoisotopic (exact) mass is 168 g/mol. The molecule has 0 bridgehead atoms. The quantitative estimate of drug-likeness (QED) is 0.466. The van der Waals surface area contributed by atoms with E-state index in [0.717, 1.165) is 12.8 Å². The molecule has 12 heavy (non-hydrogen) atoms. The number of rotatable bonds is 2. The molecule has 0 aliphatic heterocycles. The van der Waals surface area contributed by atoms with Crippen molar-refractivity contribution in [2.45, 2.75) is 32.8 Å². The van der Waals surface area contributed by atoms with Gasteiger partial charge in [-0.25, -0.2) is 4.79 Å². The molecule has 0 heterocycles. The van der Waals surface area contributed by atoms with Crippen LogP contribution in [0.1, 0.15) is 26.7 Å². The Labute approximate surface area is 73.6 Å². The van der Waals surface area contributed by atoms with Gasteiger partial charge in [-0.05, 0) is 24.7 Å². The maximum absolute atomic E-state index is 10.9. The molecule has 2 nitrogen and oxygen atoms in total. The molecule has 0 N–H and O–H groups in total. The average Bonchev–Trinajstić information content (AvgIpc) is 2.35. The second kappa shape index (κ2) is 3.74. The van der Waals surface area contributed by atoms with Gasteiger partial charge in [-0.3, -0.25) is 0 Å². The molecule has 2 unspecified atom stereocenters. The molecule has 0 saturated heterocycles. The molecule has 0 spiro atoms. The third kappa shape index (κ3) is 1.87. The first-order valence-electron chi connectivity index (χ1n) is 4.48. The Morgan fingerprint density at radius 2 is 1.92 bits per heavy atom. The van der Waals surface area contributed by atoms with Gasteiger partial charge >= 0.3 is 5.97 Å². The van der Waals surface area contributed by atoms with E-state index in [0.29, 0.717) is 11.8 Å². The van der Waals surface area contributed by atoms with Gasteiger partial charge in [0.25, 0.3) is 0 Å². The lowest BCUT2D eigenvalue weighted by molar-refractivity contribution is -0.146. The maximum atomic E-state index is 10.9. The van der Waals surface area contributed by atoms with Crippen LogP contribution in [0.5, 0.6) is 0 Å². The Hall–Kier alpha value is -0.790. The summed E-state index contributed by atoms with van der Waals surface area (Å²) in [7, 11) is 0. The highest BCUT2D eigenvalue weighted by molar-refractivity contribution is 5.81. The van der Waals surface area contributed by atoms with Crippen LogP contribution < -0.4 is 0 Å². The second-order valence-corrected chi connectivity index (χ2v) is 3.64. The van der Waals surface area contributed by atoms with Crippen molar-refractivity contribution in [3.05, 3.63) is 12.7 Å². The van der Waals surface area contributed by atoms with E-state index >= 15 is 0 Å². The topological polar surface area (TPSA) is 26.3 Å². The first kappa shape index (κ1) is 9.30. The largest absolute Gasteiger partial charge is 0.459 e. The van der Waals surface area contributed by atoms with Gasteiger partial charge in [0.2, 0.25) is 0 Å². The summed E-state index contributed by atoms with van der Waals surface area (Å²) >= 11 is 0. The summed E-state index contributed by atoms with van der Waals surface area (Å²) in [6.45, 7) is 7.64. The van der Waals surface area contributed by atoms with Crippen molar-refractivity contribution < 1.29 is 9.53 Å². The number of carbonyl (C=O) groups excluding carboxylic acids is 1. The van der Waals surface area contributed by atoms with Gasteiger partial charge in [0.15, 0.2) is 0 Å². The Morgan fingerprint density at radius 1 is 1.42 bits per heavy atom. The minimum absolute atomic E-state index is 0.107. The zero-order chi connectivity index (χ0) is 9.14. The number of hydrogen-bond donors (Lipinski definition) is 0. The van der Waals surface area contributed by atoms with E-state index in [9.17, 15) is 4.79 Å². The molecular formula is C10H16O2. The molecule has 0 radical (unpaired) electrons. The molecule has 2 atom stereocenters. The average molecular weight is 168 g/mol. The van der Waals surface area contributed by atoms with Crippen LogP contribution in [0.25, 0.3) is 0 Å². The van der Waals surface area contributed by atoms with Crippen molar-refractivity contribution in [3.63, 3.8) is 0 Å². The van der Waals surface area contributed by atoms with Gasteiger partial charge in [-0.2, -0.15) is 0 Å². The lowest BCUT2D eigenvalue weighted by atomic mass is 10.0. The van der Waals surface area contributed by atoms with Crippen molar-refractivity contribution in [2.75, 3.05) is 0 Å². The van der Waals surface area contributed by atoms with E-state index in [1.165, 1.54) is 6.08 Å². The zero-order valence-corrected chi connectivity index (χ0v) is 7.75. The third-order valence-corrected chi connectivity index (χ3v) is 2.62. The van der Waals surface area contributed by atoms with Crippen LogP contribution in [0.3, 0.4) is 0 Å². The first-order chi connectivity index (χ1) is 5.65. The summed E-state index contributed by atoms with van der Waals surface area (Å²) in [6.07, 6.45) is 3.67. The molecule has 1 rings (SSSR count). The molecule has 1 fully saturated rings. The molecular weight excluding hydrogens is 152 g/mol. The van der Waals surface area contributed by atoms with Gasteiger partial charge in [0.05, 0.1) is 0 Å². The van der Waals surface area contributed by atoms with Crippen LogP contribution >= 0.6 is 0 Å². The summed E-state index contributed by atoms with van der Waals surface area (Å²) in [6, 6.07) is 0. The van der Waals surface area contributed by atoms with Crippen LogP contribution in [-0.2, 0) is 9.53 Å². The number of carbonyl (C=O) groups is 1. The highest BCUT2D eigenvalue weighted by atomic mass is 16.5. The van der Waals surface area contributed by atoms with Gasteiger partial charge in [-0.1, -0.05) is 20.4 Å². The Balaban J connectivity index is 2.49. The Bertz CT molecular complexity index is 176. The first-order valence-corrected chi connectivity index (χ1v) is 4.48. The van der Waals surface area contributed by atoms with E-state index < -0.39 is 0 Å². The van der Waals surface area contributed by atoms with Crippen molar-refractivity contribution >= 4 is 5.97 Å². The SMILES string of the molecule is C=CC(=O)OC1C(C)CCC1C. The summed E-state index contributed by atoms with van der Waals surface area (Å²) in [5, 5.41) is 0. The molecule has 0 aromatic rings. The van der Waals surface area contributed by atoms with Crippen LogP contribution in [0.15, 0.2) is 12.7 Å². The van der Waals surface area contributed by atoms with Crippen molar-refractivity contribution in [3.8, 4) is 0 Å². The van der Waals surface area contributed by atoms with Crippen molar-refractivity contribution in [2.24, 2.45) is 11.8 Å². The van der Waals surface area contributed by atoms with E-state index in [-0.39, 0.29) is 12.1 Å². The van der Waals surface area contributed by atoms with E-state index in [1.54, 1.807) is 0 Å². The van der Waals surface area contributed by atoms with Crippen LogP contribution in [-0.4, -0.2) is 12.1 Å². The lowest BCUT2D eigenvalue weighted by Gasteiger charge is -2.19. The molecule has 1 aliphatic carbocycles. The van der Waals surface area contributed by atoms with Gasteiger partial charge in [0.1, 0.15) is 6.10 Å². The van der Waals surface area contributed by atoms with Gasteiger partial charge < -0.3 is 4.74 Å². The van der Waals surface area contributed by atoms with Crippen LogP contribution in [0.4, 0.5) is 0 Å². The molecule has 68 valence electrons. The predicted molar refractivity (Wildman–Crippen MR) is 47.6 cm³/mol. The summed E-state index contributed by atoms with van der Waals surface area (Å²) in [5.41, 5.74) is 0. The Kier molecular flexibility index (Phi) is 2.90. The van der Waals surface area contributed by atoms with E-state index in [2.05, 4.69) is 20.4 Å². The summed E-state index contributed by atoms with van der Waals surface area (Å²) in [4.78, 5) is 10.9. The molecule has 2 heteroatoms. The zero-order valence-electron chi connectivity index (χ0n) is 7.75.